The Morgan fingerprint density at radius 3 is 2.79 bits per heavy atom. The summed E-state index contributed by atoms with van der Waals surface area (Å²) in [4.78, 5) is 0. The second kappa shape index (κ2) is 4.55. The van der Waals surface area contributed by atoms with E-state index in [9.17, 15) is 5.11 Å². The zero-order valence-electron chi connectivity index (χ0n) is 7.93. The smallest absolute Gasteiger partial charge is 0.109 e. The molecule has 2 atom stereocenters. The van der Waals surface area contributed by atoms with Gasteiger partial charge in [-0.2, -0.15) is 0 Å². The first-order valence-electron chi connectivity index (χ1n) is 4.77. The van der Waals surface area contributed by atoms with Crippen LogP contribution in [0.2, 0.25) is 0 Å². The molecule has 0 amide bonds. The van der Waals surface area contributed by atoms with Crippen LogP contribution in [0.15, 0.2) is 30.3 Å². The number of aliphatic hydroxyl groups excluding tert-OH is 1. The van der Waals surface area contributed by atoms with Gasteiger partial charge in [-0.25, -0.2) is 0 Å². The molecule has 0 bridgehead atoms. The number of aliphatic hydroxyl groups is 1. The molecule has 1 fully saturated rings. The van der Waals surface area contributed by atoms with E-state index < -0.39 is 6.10 Å². The number of hydrogen-bond donors (Lipinski definition) is 1. The Morgan fingerprint density at radius 1 is 1.43 bits per heavy atom. The minimum Gasteiger partial charge on any atom is -0.388 e. The van der Waals surface area contributed by atoms with Gasteiger partial charge in [0.05, 0.1) is 19.8 Å². The quantitative estimate of drug-likeness (QED) is 0.710. The van der Waals surface area contributed by atoms with Crippen LogP contribution < -0.4 is 0 Å². The Morgan fingerprint density at radius 2 is 2.14 bits per heavy atom. The van der Waals surface area contributed by atoms with Gasteiger partial charge in [0.25, 0.3) is 0 Å². The minimum absolute atomic E-state index is 0.00535. The van der Waals surface area contributed by atoms with Gasteiger partial charge < -0.3 is 14.6 Å². The minimum atomic E-state index is -0.473. The molecule has 1 aliphatic rings. The van der Waals surface area contributed by atoms with Gasteiger partial charge in [-0.1, -0.05) is 30.3 Å². The van der Waals surface area contributed by atoms with E-state index in [4.69, 9.17) is 9.47 Å². The average Bonchev–Trinajstić information content (AvgIpc) is 3.02. The standard InChI is InChI=1S/C11H14O3/c12-10(11-8-14-11)7-13-6-9-4-2-1-3-5-9/h1-5,10-12H,6-8H2/t10-,11+/m0/s1. The number of benzene rings is 1. The van der Waals surface area contributed by atoms with Gasteiger partial charge >= 0.3 is 0 Å². The highest BCUT2D eigenvalue weighted by Crippen LogP contribution is 2.14. The zero-order valence-corrected chi connectivity index (χ0v) is 7.93. The van der Waals surface area contributed by atoms with Crippen molar-refractivity contribution in [2.45, 2.75) is 18.8 Å². The van der Waals surface area contributed by atoms with E-state index >= 15 is 0 Å². The van der Waals surface area contributed by atoms with Crippen molar-refractivity contribution in [1.29, 1.82) is 0 Å². The van der Waals surface area contributed by atoms with Crippen LogP contribution in [0.25, 0.3) is 0 Å². The second-order valence-electron chi connectivity index (χ2n) is 3.44. The number of epoxide rings is 1. The number of hydrogen-bond acceptors (Lipinski definition) is 3. The number of ether oxygens (including phenoxy) is 2. The molecular formula is C11H14O3. The highest BCUT2D eigenvalue weighted by Gasteiger charge is 2.31. The van der Waals surface area contributed by atoms with Crippen molar-refractivity contribution in [3.63, 3.8) is 0 Å². The summed E-state index contributed by atoms with van der Waals surface area (Å²) in [5.41, 5.74) is 1.12. The largest absolute Gasteiger partial charge is 0.388 e. The highest BCUT2D eigenvalue weighted by atomic mass is 16.6. The van der Waals surface area contributed by atoms with Gasteiger partial charge in [0.15, 0.2) is 0 Å². The molecule has 0 saturated carbocycles. The molecule has 0 aliphatic carbocycles. The first-order valence-corrected chi connectivity index (χ1v) is 4.77. The molecule has 1 aromatic rings. The third-order valence-electron chi connectivity index (χ3n) is 2.19. The van der Waals surface area contributed by atoms with Crippen LogP contribution in [-0.2, 0) is 16.1 Å². The van der Waals surface area contributed by atoms with Gasteiger partial charge in [0.2, 0.25) is 0 Å². The Kier molecular flexibility index (Phi) is 3.14. The van der Waals surface area contributed by atoms with Gasteiger partial charge in [0.1, 0.15) is 12.2 Å². The predicted octanol–water partition coefficient (Wildman–Crippen LogP) is 0.963. The van der Waals surface area contributed by atoms with Crippen LogP contribution in [0.3, 0.4) is 0 Å². The van der Waals surface area contributed by atoms with Crippen molar-refractivity contribution in [3.05, 3.63) is 35.9 Å². The predicted molar refractivity (Wildman–Crippen MR) is 51.8 cm³/mol. The van der Waals surface area contributed by atoms with Crippen LogP contribution in [0.1, 0.15) is 5.56 Å². The molecule has 3 nitrogen and oxygen atoms in total. The summed E-state index contributed by atoms with van der Waals surface area (Å²) in [6, 6.07) is 9.91. The lowest BCUT2D eigenvalue weighted by molar-refractivity contribution is 0.0148. The fourth-order valence-corrected chi connectivity index (χ4v) is 1.26. The van der Waals surface area contributed by atoms with E-state index in [0.29, 0.717) is 19.8 Å². The van der Waals surface area contributed by atoms with E-state index in [1.54, 1.807) is 0 Å². The fraction of sp³-hybridized carbons (Fsp3) is 0.455. The Labute approximate surface area is 83.3 Å². The highest BCUT2D eigenvalue weighted by molar-refractivity contribution is 5.13. The SMILES string of the molecule is O[C@@H](COCc1ccccc1)[C@H]1CO1. The molecule has 14 heavy (non-hydrogen) atoms. The number of rotatable bonds is 5. The maximum Gasteiger partial charge on any atom is 0.109 e. The molecule has 1 N–H and O–H groups in total. The Bertz CT molecular complexity index is 269. The third kappa shape index (κ3) is 2.80. The van der Waals surface area contributed by atoms with Gasteiger partial charge in [-0.3, -0.25) is 0 Å². The van der Waals surface area contributed by atoms with Crippen molar-refractivity contribution in [2.24, 2.45) is 0 Å². The normalized spacial score (nSPS) is 21.9. The Hall–Kier alpha value is -0.900. The molecule has 3 heteroatoms. The summed E-state index contributed by atoms with van der Waals surface area (Å²) >= 11 is 0. The van der Waals surface area contributed by atoms with Crippen LogP contribution in [0, 0.1) is 0 Å². The lowest BCUT2D eigenvalue weighted by atomic mass is 10.2. The molecule has 2 rings (SSSR count). The first-order chi connectivity index (χ1) is 6.86. The molecule has 1 saturated heterocycles. The first kappa shape index (κ1) is 9.65. The molecule has 76 valence electrons. The molecular weight excluding hydrogens is 180 g/mol. The summed E-state index contributed by atoms with van der Waals surface area (Å²) in [5.74, 6) is 0. The monoisotopic (exact) mass is 194 g/mol. The topological polar surface area (TPSA) is 42.0 Å². The van der Waals surface area contributed by atoms with Crippen LogP contribution in [0.5, 0.6) is 0 Å². The molecule has 0 aromatic heterocycles. The molecule has 1 heterocycles. The summed E-state index contributed by atoms with van der Waals surface area (Å²) in [7, 11) is 0. The summed E-state index contributed by atoms with van der Waals surface area (Å²) in [5, 5.41) is 9.42. The maximum atomic E-state index is 9.42. The van der Waals surface area contributed by atoms with E-state index in [1.807, 2.05) is 30.3 Å². The summed E-state index contributed by atoms with van der Waals surface area (Å²) in [6.45, 7) is 1.56. The van der Waals surface area contributed by atoms with Gasteiger partial charge in [-0.05, 0) is 5.56 Å². The molecule has 0 unspecified atom stereocenters. The lowest BCUT2D eigenvalue weighted by Crippen LogP contribution is -2.21. The maximum absolute atomic E-state index is 9.42. The third-order valence-corrected chi connectivity index (χ3v) is 2.19. The summed E-state index contributed by atoms with van der Waals surface area (Å²) < 4.78 is 10.3. The van der Waals surface area contributed by atoms with Crippen molar-refractivity contribution >= 4 is 0 Å². The van der Waals surface area contributed by atoms with Crippen LogP contribution >= 0.6 is 0 Å². The van der Waals surface area contributed by atoms with E-state index in [1.165, 1.54) is 0 Å². The van der Waals surface area contributed by atoms with Crippen molar-refractivity contribution in [2.75, 3.05) is 13.2 Å². The van der Waals surface area contributed by atoms with E-state index in [0.717, 1.165) is 5.56 Å². The average molecular weight is 194 g/mol. The lowest BCUT2D eigenvalue weighted by Gasteiger charge is -2.08. The summed E-state index contributed by atoms with van der Waals surface area (Å²) in [6.07, 6.45) is -0.468. The van der Waals surface area contributed by atoms with Crippen LogP contribution in [-0.4, -0.2) is 30.5 Å². The van der Waals surface area contributed by atoms with Gasteiger partial charge in [-0.15, -0.1) is 0 Å². The fourth-order valence-electron chi connectivity index (χ4n) is 1.26. The molecule has 1 aliphatic heterocycles. The zero-order chi connectivity index (χ0) is 9.80. The van der Waals surface area contributed by atoms with Crippen molar-refractivity contribution < 1.29 is 14.6 Å². The van der Waals surface area contributed by atoms with E-state index in [-0.39, 0.29) is 6.10 Å². The molecule has 1 aromatic carbocycles. The van der Waals surface area contributed by atoms with Crippen LogP contribution in [0.4, 0.5) is 0 Å². The van der Waals surface area contributed by atoms with Crippen molar-refractivity contribution in [1.82, 2.24) is 0 Å². The van der Waals surface area contributed by atoms with Crippen molar-refractivity contribution in [3.8, 4) is 0 Å². The van der Waals surface area contributed by atoms with E-state index in [2.05, 4.69) is 0 Å². The Balaban J connectivity index is 1.67. The van der Waals surface area contributed by atoms with Gasteiger partial charge in [0, 0.05) is 0 Å². The second-order valence-corrected chi connectivity index (χ2v) is 3.44. The molecule has 0 spiro atoms. The molecule has 0 radical (unpaired) electrons.